The number of amides is 1. The number of rotatable bonds is 8. The van der Waals surface area contributed by atoms with Crippen LogP contribution in [0.2, 0.25) is 0 Å². The van der Waals surface area contributed by atoms with Gasteiger partial charge in [-0.25, -0.2) is 4.39 Å². The Bertz CT molecular complexity index is 983. The number of hydrogen-bond acceptors (Lipinski definition) is 4. The molecular formula is C23H27FN4OS. The summed E-state index contributed by atoms with van der Waals surface area (Å²) in [6.07, 6.45) is 1.05. The topological polar surface area (TPSA) is 59.8 Å². The lowest BCUT2D eigenvalue weighted by Gasteiger charge is -2.15. The number of aromatic nitrogens is 3. The number of halogens is 1. The quantitative estimate of drug-likeness (QED) is 0.526. The van der Waals surface area contributed by atoms with E-state index in [1.54, 1.807) is 12.1 Å². The second-order valence-corrected chi connectivity index (χ2v) is 8.73. The summed E-state index contributed by atoms with van der Waals surface area (Å²) < 4.78 is 14.9. The summed E-state index contributed by atoms with van der Waals surface area (Å²) in [6, 6.07) is 14.4. The van der Waals surface area contributed by atoms with E-state index in [0.717, 1.165) is 17.5 Å². The highest BCUT2D eigenvalue weighted by atomic mass is 32.2. The minimum Gasteiger partial charge on any atom is -0.349 e. The monoisotopic (exact) mass is 426 g/mol. The Morgan fingerprint density at radius 1 is 1.07 bits per heavy atom. The van der Waals surface area contributed by atoms with E-state index in [-0.39, 0.29) is 23.5 Å². The predicted molar refractivity (Wildman–Crippen MR) is 119 cm³/mol. The van der Waals surface area contributed by atoms with Crippen LogP contribution < -0.4 is 5.32 Å². The van der Waals surface area contributed by atoms with Crippen LogP contribution in [0, 0.1) is 11.7 Å². The van der Waals surface area contributed by atoms with Crippen molar-refractivity contribution in [1.82, 2.24) is 20.1 Å². The lowest BCUT2D eigenvalue weighted by Crippen LogP contribution is -2.28. The van der Waals surface area contributed by atoms with Gasteiger partial charge in [-0.1, -0.05) is 49.9 Å². The third kappa shape index (κ3) is 5.69. The second-order valence-electron chi connectivity index (χ2n) is 7.79. The summed E-state index contributed by atoms with van der Waals surface area (Å²) in [4.78, 5) is 12.4. The summed E-state index contributed by atoms with van der Waals surface area (Å²) in [5.74, 6) is 1.13. The van der Waals surface area contributed by atoms with Crippen LogP contribution in [0.25, 0.3) is 11.4 Å². The largest absolute Gasteiger partial charge is 0.349 e. The zero-order valence-electron chi connectivity index (χ0n) is 17.7. The minimum atomic E-state index is -0.295. The van der Waals surface area contributed by atoms with E-state index in [1.165, 1.54) is 29.5 Å². The molecule has 0 saturated heterocycles. The average Bonchev–Trinajstić information content (AvgIpc) is 3.07. The SMILES string of the molecule is CC(C)Cc1ccc([C@H](C)NC(=O)CSc2nnc(-c3ccc(F)cc3)n2C)cc1. The maximum atomic E-state index is 13.1. The van der Waals surface area contributed by atoms with E-state index in [9.17, 15) is 9.18 Å². The fourth-order valence-corrected chi connectivity index (χ4v) is 3.92. The first-order valence-corrected chi connectivity index (χ1v) is 11.0. The Morgan fingerprint density at radius 3 is 2.37 bits per heavy atom. The normalized spacial score (nSPS) is 12.2. The molecule has 0 bridgehead atoms. The van der Waals surface area contributed by atoms with Gasteiger partial charge in [0.25, 0.3) is 0 Å². The van der Waals surface area contributed by atoms with E-state index >= 15 is 0 Å². The smallest absolute Gasteiger partial charge is 0.230 e. The van der Waals surface area contributed by atoms with Crippen molar-refractivity contribution in [3.05, 3.63) is 65.5 Å². The third-order valence-electron chi connectivity index (χ3n) is 4.77. The number of thioether (sulfide) groups is 1. The van der Waals surface area contributed by atoms with Gasteiger partial charge >= 0.3 is 0 Å². The first-order valence-electron chi connectivity index (χ1n) is 10.00. The zero-order valence-corrected chi connectivity index (χ0v) is 18.5. The van der Waals surface area contributed by atoms with Crippen LogP contribution in [0.4, 0.5) is 4.39 Å². The molecule has 3 rings (SSSR count). The summed E-state index contributed by atoms with van der Waals surface area (Å²) in [6.45, 7) is 6.39. The molecule has 0 aliphatic carbocycles. The van der Waals surface area contributed by atoms with E-state index in [0.29, 0.717) is 16.9 Å². The zero-order chi connectivity index (χ0) is 21.7. The molecule has 0 spiro atoms. The fourth-order valence-electron chi connectivity index (χ4n) is 3.20. The van der Waals surface area contributed by atoms with Crippen LogP contribution in [0.1, 0.15) is 37.9 Å². The predicted octanol–water partition coefficient (Wildman–Crippen LogP) is 4.79. The fraction of sp³-hybridized carbons (Fsp3) is 0.348. The van der Waals surface area contributed by atoms with Crippen LogP contribution in [-0.4, -0.2) is 26.4 Å². The van der Waals surface area contributed by atoms with Gasteiger partial charge < -0.3 is 9.88 Å². The Hall–Kier alpha value is -2.67. The van der Waals surface area contributed by atoms with Gasteiger partial charge in [0.05, 0.1) is 11.8 Å². The van der Waals surface area contributed by atoms with Crippen LogP contribution >= 0.6 is 11.8 Å². The Morgan fingerprint density at radius 2 is 1.73 bits per heavy atom. The van der Waals surface area contributed by atoms with Crippen molar-refractivity contribution in [2.24, 2.45) is 13.0 Å². The van der Waals surface area contributed by atoms with Gasteiger partial charge in [0, 0.05) is 12.6 Å². The van der Waals surface area contributed by atoms with Gasteiger partial charge in [0.15, 0.2) is 11.0 Å². The molecule has 0 saturated carbocycles. The molecular weight excluding hydrogens is 399 g/mol. The molecule has 1 atom stereocenters. The van der Waals surface area contributed by atoms with Crippen molar-refractivity contribution in [2.75, 3.05) is 5.75 Å². The summed E-state index contributed by atoms with van der Waals surface area (Å²) >= 11 is 1.32. The molecule has 1 aromatic heterocycles. The molecule has 158 valence electrons. The highest BCUT2D eigenvalue weighted by Gasteiger charge is 2.15. The Kier molecular flexibility index (Phi) is 7.26. The van der Waals surface area contributed by atoms with Crippen LogP contribution in [0.15, 0.2) is 53.7 Å². The van der Waals surface area contributed by atoms with Crippen molar-refractivity contribution >= 4 is 17.7 Å². The van der Waals surface area contributed by atoms with Crippen molar-refractivity contribution < 1.29 is 9.18 Å². The van der Waals surface area contributed by atoms with Crippen molar-refractivity contribution in [1.29, 1.82) is 0 Å². The summed E-state index contributed by atoms with van der Waals surface area (Å²) in [5.41, 5.74) is 3.16. The van der Waals surface area contributed by atoms with E-state index in [1.807, 2.05) is 18.5 Å². The van der Waals surface area contributed by atoms with Gasteiger partial charge in [-0.3, -0.25) is 4.79 Å². The first-order chi connectivity index (χ1) is 14.3. The van der Waals surface area contributed by atoms with Gasteiger partial charge in [-0.15, -0.1) is 10.2 Å². The van der Waals surface area contributed by atoms with E-state index < -0.39 is 0 Å². The van der Waals surface area contributed by atoms with Crippen molar-refractivity contribution in [2.45, 2.75) is 38.4 Å². The molecule has 7 heteroatoms. The van der Waals surface area contributed by atoms with Crippen LogP contribution in [-0.2, 0) is 18.3 Å². The van der Waals surface area contributed by atoms with Gasteiger partial charge in [0.1, 0.15) is 5.82 Å². The lowest BCUT2D eigenvalue weighted by atomic mass is 10.00. The van der Waals surface area contributed by atoms with E-state index in [2.05, 4.69) is 53.6 Å². The highest BCUT2D eigenvalue weighted by Crippen LogP contribution is 2.23. The molecule has 1 heterocycles. The van der Waals surface area contributed by atoms with Gasteiger partial charge in [-0.2, -0.15) is 0 Å². The van der Waals surface area contributed by atoms with Gasteiger partial charge in [0.2, 0.25) is 5.91 Å². The molecule has 0 fully saturated rings. The second kappa shape index (κ2) is 9.89. The number of nitrogens with zero attached hydrogens (tertiary/aromatic N) is 3. The molecule has 1 amide bonds. The average molecular weight is 427 g/mol. The molecule has 30 heavy (non-hydrogen) atoms. The molecule has 0 aliphatic rings. The number of nitrogens with one attached hydrogen (secondary N) is 1. The van der Waals surface area contributed by atoms with E-state index in [4.69, 9.17) is 0 Å². The minimum absolute atomic E-state index is 0.0647. The van der Waals surface area contributed by atoms with Crippen molar-refractivity contribution in [3.8, 4) is 11.4 Å². The molecule has 3 aromatic rings. The number of benzene rings is 2. The van der Waals surface area contributed by atoms with Crippen LogP contribution in [0.3, 0.4) is 0 Å². The first kappa shape index (κ1) is 22.0. The Labute approximate surface area is 181 Å². The van der Waals surface area contributed by atoms with Crippen molar-refractivity contribution in [3.63, 3.8) is 0 Å². The number of carbonyl (C=O) groups is 1. The number of carbonyl (C=O) groups excluding carboxylic acids is 1. The standard InChI is InChI=1S/C23H27FN4OS/c1-15(2)13-17-5-7-18(8-6-17)16(3)25-21(29)14-30-23-27-26-22(28(23)4)19-9-11-20(24)12-10-19/h5-12,15-16H,13-14H2,1-4H3,(H,25,29)/t16-/m0/s1. The maximum Gasteiger partial charge on any atom is 0.230 e. The maximum absolute atomic E-state index is 13.1. The number of hydrogen-bond donors (Lipinski definition) is 1. The third-order valence-corrected chi connectivity index (χ3v) is 5.79. The summed E-state index contributed by atoms with van der Waals surface area (Å²) in [5, 5.41) is 12.0. The lowest BCUT2D eigenvalue weighted by molar-refractivity contribution is -0.119. The molecule has 0 aliphatic heterocycles. The molecule has 0 radical (unpaired) electrons. The molecule has 2 aromatic carbocycles. The van der Waals surface area contributed by atoms with Crippen LogP contribution in [0.5, 0.6) is 0 Å². The Balaban J connectivity index is 1.55. The molecule has 0 unspecified atom stereocenters. The van der Waals surface area contributed by atoms with Gasteiger partial charge in [-0.05, 0) is 54.7 Å². The molecule has 1 N–H and O–H groups in total. The summed E-state index contributed by atoms with van der Waals surface area (Å²) in [7, 11) is 1.83. The molecule has 5 nitrogen and oxygen atoms in total. The highest BCUT2D eigenvalue weighted by molar-refractivity contribution is 7.99.